The molecule has 0 aromatic heterocycles. The number of nitrogens with zero attached hydrogens (tertiary/aromatic N) is 1. The van der Waals surface area contributed by atoms with Crippen molar-refractivity contribution in [1.29, 1.82) is 0 Å². The average molecular weight is 508 g/mol. The molecule has 15 nitrogen and oxygen atoms in total. The fourth-order valence-electron chi connectivity index (χ4n) is 2.54. The molecule has 4 atom stereocenters. The largest absolute Gasteiger partial charge is 0.481 e. The zero-order chi connectivity index (χ0) is 26.3. The first-order valence-electron chi connectivity index (χ1n) is 10.2. The van der Waals surface area contributed by atoms with Crippen molar-refractivity contribution in [2.75, 3.05) is 25.2 Å². The Labute approximate surface area is 200 Å². The number of aliphatic imine (C=N–C) groups is 1. The highest BCUT2D eigenvalue weighted by Gasteiger charge is 2.31. The number of nitrogens with one attached hydrogen (secondary N) is 3. The third kappa shape index (κ3) is 12.8. The van der Waals surface area contributed by atoms with E-state index in [4.69, 9.17) is 32.5 Å². The summed E-state index contributed by atoms with van der Waals surface area (Å²) >= 11 is 1.45. The second kappa shape index (κ2) is 16.5. The standard InChI is InChI=1S/C18H33N7O8S/c1-34-6-4-9(19)14(29)24-11(7-13(27)28)16(31)23-10(3-2-5-22-18(20)21)15(30)25-12(8-26)17(32)33/h9-12,26H,2-8,19H2,1H3,(H,23,31)(H,24,29)(H,25,30)(H,27,28)(H,32,33)(H4,20,21,22). The van der Waals surface area contributed by atoms with E-state index in [1.807, 2.05) is 6.26 Å². The molecule has 0 bridgehead atoms. The van der Waals surface area contributed by atoms with E-state index in [-0.39, 0.29) is 25.3 Å². The number of carbonyl (C=O) groups is 5. The molecule has 12 N–H and O–H groups in total. The van der Waals surface area contributed by atoms with Gasteiger partial charge >= 0.3 is 11.9 Å². The van der Waals surface area contributed by atoms with Crippen LogP contribution in [0.5, 0.6) is 0 Å². The number of thioether (sulfide) groups is 1. The van der Waals surface area contributed by atoms with Crippen LogP contribution in [-0.2, 0) is 24.0 Å². The zero-order valence-corrected chi connectivity index (χ0v) is 19.5. The lowest BCUT2D eigenvalue weighted by molar-refractivity contribution is -0.144. The lowest BCUT2D eigenvalue weighted by atomic mass is 10.1. The number of rotatable bonds is 17. The van der Waals surface area contributed by atoms with Crippen molar-refractivity contribution >= 4 is 47.4 Å². The molecule has 3 amide bonds. The van der Waals surface area contributed by atoms with Gasteiger partial charge in [0.15, 0.2) is 5.96 Å². The number of guanidine groups is 1. The molecular formula is C18H33N7O8S. The Hall–Kier alpha value is -3.11. The minimum atomic E-state index is -1.63. The molecule has 0 aliphatic rings. The normalized spacial score (nSPS) is 14.1. The van der Waals surface area contributed by atoms with Gasteiger partial charge in [-0.3, -0.25) is 24.2 Å². The number of aliphatic hydroxyl groups excluding tert-OH is 1. The first-order chi connectivity index (χ1) is 15.9. The fraction of sp³-hybridized carbons (Fsp3) is 0.667. The van der Waals surface area contributed by atoms with Gasteiger partial charge in [-0.2, -0.15) is 11.8 Å². The number of amides is 3. The molecular weight excluding hydrogens is 474 g/mol. The maximum atomic E-state index is 12.7. The van der Waals surface area contributed by atoms with E-state index in [0.717, 1.165) is 0 Å². The molecule has 34 heavy (non-hydrogen) atoms. The van der Waals surface area contributed by atoms with Gasteiger partial charge in [0.1, 0.15) is 18.1 Å². The highest BCUT2D eigenvalue weighted by atomic mass is 32.2. The van der Waals surface area contributed by atoms with Crippen LogP contribution in [0.1, 0.15) is 25.7 Å². The molecule has 0 aliphatic heterocycles. The molecule has 0 aromatic rings. The third-order valence-electron chi connectivity index (χ3n) is 4.36. The van der Waals surface area contributed by atoms with Gasteiger partial charge in [0.25, 0.3) is 0 Å². The molecule has 194 valence electrons. The van der Waals surface area contributed by atoms with Gasteiger partial charge in [-0.15, -0.1) is 0 Å². The van der Waals surface area contributed by atoms with Crippen molar-refractivity contribution in [3.05, 3.63) is 0 Å². The molecule has 4 unspecified atom stereocenters. The van der Waals surface area contributed by atoms with E-state index in [1.54, 1.807) is 0 Å². The molecule has 0 heterocycles. The predicted octanol–water partition coefficient (Wildman–Crippen LogP) is -3.87. The van der Waals surface area contributed by atoms with Crippen LogP contribution < -0.4 is 33.2 Å². The van der Waals surface area contributed by atoms with Gasteiger partial charge in [0.05, 0.1) is 19.1 Å². The fourth-order valence-corrected chi connectivity index (χ4v) is 3.03. The second-order valence-electron chi connectivity index (χ2n) is 7.14. The number of hydrogen-bond acceptors (Lipinski definition) is 9. The summed E-state index contributed by atoms with van der Waals surface area (Å²) in [6, 6.07) is -5.50. The number of aliphatic hydroxyl groups is 1. The summed E-state index contributed by atoms with van der Waals surface area (Å²) in [7, 11) is 0. The van der Waals surface area contributed by atoms with Crippen LogP contribution in [0, 0.1) is 0 Å². The number of carbonyl (C=O) groups excluding carboxylic acids is 3. The maximum absolute atomic E-state index is 12.7. The topological polar surface area (TPSA) is 273 Å². The number of carboxylic acid groups (broad SMARTS) is 2. The van der Waals surface area contributed by atoms with Crippen molar-refractivity contribution < 1.29 is 39.3 Å². The van der Waals surface area contributed by atoms with Gasteiger partial charge in [0, 0.05) is 6.54 Å². The lowest BCUT2D eigenvalue weighted by Gasteiger charge is -2.24. The highest BCUT2D eigenvalue weighted by molar-refractivity contribution is 7.98. The Morgan fingerprint density at radius 3 is 1.97 bits per heavy atom. The summed E-state index contributed by atoms with van der Waals surface area (Å²) in [5.41, 5.74) is 16.2. The summed E-state index contributed by atoms with van der Waals surface area (Å²) < 4.78 is 0. The summed E-state index contributed by atoms with van der Waals surface area (Å²) in [5, 5.41) is 33.9. The van der Waals surface area contributed by atoms with E-state index in [9.17, 15) is 24.0 Å². The number of aliphatic carboxylic acids is 2. The summed E-state index contributed by atoms with van der Waals surface area (Å²) in [6.45, 7) is -0.814. The monoisotopic (exact) mass is 507 g/mol. The second-order valence-corrected chi connectivity index (χ2v) is 8.12. The van der Waals surface area contributed by atoms with Gasteiger partial charge in [-0.1, -0.05) is 0 Å². The van der Waals surface area contributed by atoms with Crippen LogP contribution in [0.2, 0.25) is 0 Å². The summed E-state index contributed by atoms with van der Waals surface area (Å²) in [4.78, 5) is 63.6. The Kier molecular flexibility index (Phi) is 15.0. The Balaban J connectivity index is 5.50. The van der Waals surface area contributed by atoms with Crippen molar-refractivity contribution in [2.45, 2.75) is 49.9 Å². The Morgan fingerprint density at radius 2 is 1.47 bits per heavy atom. The zero-order valence-electron chi connectivity index (χ0n) is 18.7. The minimum Gasteiger partial charge on any atom is -0.481 e. The minimum absolute atomic E-state index is 0.0624. The molecule has 0 aliphatic carbocycles. The van der Waals surface area contributed by atoms with Gasteiger partial charge in [0.2, 0.25) is 17.7 Å². The first kappa shape index (κ1) is 30.9. The Morgan fingerprint density at radius 1 is 0.912 bits per heavy atom. The van der Waals surface area contributed by atoms with E-state index >= 15 is 0 Å². The lowest BCUT2D eigenvalue weighted by Crippen LogP contribution is -2.57. The highest BCUT2D eigenvalue weighted by Crippen LogP contribution is 2.04. The Bertz CT molecular complexity index is 748. The summed E-state index contributed by atoms with van der Waals surface area (Å²) in [6.07, 6.45) is 1.44. The van der Waals surface area contributed by atoms with Crippen LogP contribution in [0.25, 0.3) is 0 Å². The maximum Gasteiger partial charge on any atom is 0.328 e. The average Bonchev–Trinajstić information content (AvgIpc) is 2.75. The number of hydrogen-bond donors (Lipinski definition) is 9. The molecule has 0 fully saturated rings. The van der Waals surface area contributed by atoms with Crippen LogP contribution in [-0.4, -0.2) is 100 Å². The van der Waals surface area contributed by atoms with Crippen molar-refractivity contribution in [2.24, 2.45) is 22.2 Å². The van der Waals surface area contributed by atoms with Gasteiger partial charge < -0.3 is 48.5 Å². The van der Waals surface area contributed by atoms with Crippen LogP contribution in [0.4, 0.5) is 0 Å². The van der Waals surface area contributed by atoms with Crippen molar-refractivity contribution in [3.63, 3.8) is 0 Å². The molecule has 0 saturated heterocycles. The molecule has 0 spiro atoms. The molecule has 0 saturated carbocycles. The van der Waals surface area contributed by atoms with Crippen LogP contribution >= 0.6 is 11.8 Å². The van der Waals surface area contributed by atoms with Crippen molar-refractivity contribution in [1.82, 2.24) is 16.0 Å². The smallest absolute Gasteiger partial charge is 0.328 e. The van der Waals surface area contributed by atoms with Gasteiger partial charge in [-0.05, 0) is 31.3 Å². The number of nitrogens with two attached hydrogens (primary N) is 3. The molecule has 0 rings (SSSR count). The van der Waals surface area contributed by atoms with Crippen LogP contribution in [0.3, 0.4) is 0 Å². The van der Waals surface area contributed by atoms with Crippen LogP contribution in [0.15, 0.2) is 4.99 Å². The van der Waals surface area contributed by atoms with Gasteiger partial charge in [-0.25, -0.2) is 4.79 Å². The molecule has 0 radical (unpaired) electrons. The van der Waals surface area contributed by atoms with Crippen molar-refractivity contribution in [3.8, 4) is 0 Å². The first-order valence-corrected chi connectivity index (χ1v) is 11.6. The predicted molar refractivity (Wildman–Crippen MR) is 124 cm³/mol. The molecule has 16 heteroatoms. The number of carboxylic acids is 2. The van der Waals surface area contributed by atoms with E-state index in [1.165, 1.54) is 11.8 Å². The van der Waals surface area contributed by atoms with E-state index in [0.29, 0.717) is 12.2 Å². The third-order valence-corrected chi connectivity index (χ3v) is 5.00. The summed E-state index contributed by atoms with van der Waals surface area (Å²) in [5.74, 6) is -5.20. The van der Waals surface area contributed by atoms with E-state index in [2.05, 4.69) is 20.9 Å². The quantitative estimate of drug-likeness (QED) is 0.0519. The van der Waals surface area contributed by atoms with E-state index < -0.39 is 66.9 Å². The SMILES string of the molecule is CSCCC(N)C(=O)NC(CC(=O)O)C(=O)NC(CCCN=C(N)N)C(=O)NC(CO)C(=O)O. The molecule has 0 aromatic carbocycles.